The summed E-state index contributed by atoms with van der Waals surface area (Å²) in [6.45, 7) is 2.50. The van der Waals surface area contributed by atoms with Crippen molar-refractivity contribution in [3.63, 3.8) is 0 Å². The van der Waals surface area contributed by atoms with Crippen molar-refractivity contribution < 1.29 is 9.53 Å². The summed E-state index contributed by atoms with van der Waals surface area (Å²) in [6.07, 6.45) is 6.69. The lowest BCUT2D eigenvalue weighted by Gasteiger charge is -2.22. The molecule has 0 aliphatic heterocycles. The van der Waals surface area contributed by atoms with E-state index in [2.05, 4.69) is 24.3 Å². The largest absolute Gasteiger partial charge is 0.488 e. The summed E-state index contributed by atoms with van der Waals surface area (Å²) in [7, 11) is 3.52. The third-order valence-corrected chi connectivity index (χ3v) is 6.89. The van der Waals surface area contributed by atoms with E-state index in [1.54, 1.807) is 30.3 Å². The Labute approximate surface area is 188 Å². The molecule has 0 saturated heterocycles. The summed E-state index contributed by atoms with van der Waals surface area (Å²) in [6, 6.07) is 16.3. The Kier molecular flexibility index (Phi) is 6.71. The second-order valence-electron chi connectivity index (χ2n) is 8.47. The van der Waals surface area contributed by atoms with E-state index in [4.69, 9.17) is 9.72 Å². The highest BCUT2D eigenvalue weighted by Gasteiger charge is 2.16. The molecule has 4 rings (SSSR count). The van der Waals surface area contributed by atoms with E-state index in [-0.39, 0.29) is 5.91 Å². The van der Waals surface area contributed by atoms with Crippen LogP contribution in [0.3, 0.4) is 0 Å². The first-order chi connectivity index (χ1) is 15.0. The maximum atomic E-state index is 12.1. The molecule has 1 aliphatic carbocycles. The summed E-state index contributed by atoms with van der Waals surface area (Å²) in [5, 5.41) is 1.01. The average molecular weight is 435 g/mol. The lowest BCUT2D eigenvalue weighted by molar-refractivity contribution is 0.0827. The van der Waals surface area contributed by atoms with E-state index >= 15 is 0 Å². The molecule has 1 amide bonds. The predicted octanol–water partition coefficient (Wildman–Crippen LogP) is 6.45. The van der Waals surface area contributed by atoms with Gasteiger partial charge < -0.3 is 9.64 Å². The van der Waals surface area contributed by atoms with Crippen molar-refractivity contribution in [2.24, 2.45) is 0 Å². The standard InChI is InChI=1S/C26H30N2O2S/c1-18-27-25(21-9-11-22(12-10-21)26(29)28(2)3)24(31-18)17-30-23-15-13-20(14-16-23)19-7-5-4-6-8-19/h9-16,19H,4-8,17H2,1-3H3. The van der Waals surface area contributed by atoms with Gasteiger partial charge in [0, 0.05) is 25.2 Å². The third kappa shape index (κ3) is 5.16. The maximum Gasteiger partial charge on any atom is 0.253 e. The van der Waals surface area contributed by atoms with Crippen LogP contribution in [0.1, 0.15) is 63.8 Å². The minimum atomic E-state index is 0.00115. The fourth-order valence-electron chi connectivity index (χ4n) is 4.24. The number of carbonyl (C=O) groups is 1. The Morgan fingerprint density at radius 2 is 1.71 bits per heavy atom. The van der Waals surface area contributed by atoms with Gasteiger partial charge in [0.2, 0.25) is 0 Å². The second kappa shape index (κ2) is 9.65. The monoisotopic (exact) mass is 434 g/mol. The molecule has 1 saturated carbocycles. The van der Waals surface area contributed by atoms with Gasteiger partial charge in [-0.1, -0.05) is 43.5 Å². The average Bonchev–Trinajstić information content (AvgIpc) is 3.18. The maximum absolute atomic E-state index is 12.1. The molecule has 0 N–H and O–H groups in total. The van der Waals surface area contributed by atoms with Gasteiger partial charge in [0.1, 0.15) is 12.4 Å². The highest BCUT2D eigenvalue weighted by molar-refractivity contribution is 7.12. The molecular weight excluding hydrogens is 404 g/mol. The summed E-state index contributed by atoms with van der Waals surface area (Å²) in [5.41, 5.74) is 4.06. The second-order valence-corrected chi connectivity index (χ2v) is 9.76. The van der Waals surface area contributed by atoms with Crippen molar-refractivity contribution in [1.29, 1.82) is 0 Å². The van der Waals surface area contributed by atoms with Gasteiger partial charge in [-0.25, -0.2) is 4.98 Å². The van der Waals surface area contributed by atoms with E-state index in [1.807, 2.05) is 31.2 Å². The number of aromatic nitrogens is 1. The SMILES string of the molecule is Cc1nc(-c2ccc(C(=O)N(C)C)cc2)c(COc2ccc(C3CCCCC3)cc2)s1. The zero-order chi connectivity index (χ0) is 21.8. The van der Waals surface area contributed by atoms with E-state index in [0.29, 0.717) is 18.1 Å². The summed E-state index contributed by atoms with van der Waals surface area (Å²) < 4.78 is 6.11. The van der Waals surface area contributed by atoms with Gasteiger partial charge in [-0.3, -0.25) is 4.79 Å². The number of benzene rings is 2. The molecule has 162 valence electrons. The fourth-order valence-corrected chi connectivity index (χ4v) is 5.11. The lowest BCUT2D eigenvalue weighted by atomic mass is 9.84. The van der Waals surface area contributed by atoms with Crippen LogP contribution >= 0.6 is 11.3 Å². The van der Waals surface area contributed by atoms with Crippen LogP contribution in [0.25, 0.3) is 11.3 Å². The van der Waals surface area contributed by atoms with Crippen LogP contribution in [-0.4, -0.2) is 29.9 Å². The van der Waals surface area contributed by atoms with Crippen LogP contribution in [0.2, 0.25) is 0 Å². The number of nitrogens with zero attached hydrogens (tertiary/aromatic N) is 2. The molecule has 5 heteroatoms. The van der Waals surface area contributed by atoms with Crippen LogP contribution in [0.4, 0.5) is 0 Å². The number of amides is 1. The molecule has 0 unspecified atom stereocenters. The molecule has 1 fully saturated rings. The van der Waals surface area contributed by atoms with Gasteiger partial charge in [-0.05, 0) is 55.5 Å². The molecule has 4 nitrogen and oxygen atoms in total. The van der Waals surface area contributed by atoms with Gasteiger partial charge >= 0.3 is 0 Å². The van der Waals surface area contributed by atoms with Gasteiger partial charge in [-0.2, -0.15) is 0 Å². The van der Waals surface area contributed by atoms with E-state index in [1.165, 1.54) is 37.7 Å². The van der Waals surface area contributed by atoms with Gasteiger partial charge in [0.15, 0.2) is 0 Å². The Morgan fingerprint density at radius 1 is 1.03 bits per heavy atom. The number of thiazole rings is 1. The number of ether oxygens (including phenoxy) is 1. The summed E-state index contributed by atoms with van der Waals surface area (Å²) >= 11 is 1.66. The smallest absolute Gasteiger partial charge is 0.253 e. The fraction of sp³-hybridized carbons (Fsp3) is 0.385. The molecule has 0 spiro atoms. The molecule has 1 aliphatic rings. The topological polar surface area (TPSA) is 42.4 Å². The van der Waals surface area contributed by atoms with Crippen LogP contribution in [0.5, 0.6) is 5.75 Å². The molecule has 2 aromatic carbocycles. The number of rotatable bonds is 6. The zero-order valence-corrected chi connectivity index (χ0v) is 19.4. The van der Waals surface area contributed by atoms with Crippen LogP contribution in [0, 0.1) is 6.92 Å². The molecule has 0 atom stereocenters. The van der Waals surface area contributed by atoms with Crippen molar-refractivity contribution >= 4 is 17.2 Å². The molecule has 0 radical (unpaired) electrons. The highest BCUT2D eigenvalue weighted by Crippen LogP contribution is 2.34. The van der Waals surface area contributed by atoms with E-state index in [9.17, 15) is 4.79 Å². The third-order valence-electron chi connectivity index (χ3n) is 5.94. The predicted molar refractivity (Wildman–Crippen MR) is 127 cm³/mol. The molecule has 1 heterocycles. The van der Waals surface area contributed by atoms with E-state index < -0.39 is 0 Å². The number of hydrogen-bond donors (Lipinski definition) is 0. The Balaban J connectivity index is 1.45. The lowest BCUT2D eigenvalue weighted by Crippen LogP contribution is -2.21. The molecule has 31 heavy (non-hydrogen) atoms. The molecule has 1 aromatic heterocycles. The minimum Gasteiger partial charge on any atom is -0.488 e. The first kappa shape index (κ1) is 21.6. The quantitative estimate of drug-likeness (QED) is 0.448. The van der Waals surface area contributed by atoms with Crippen molar-refractivity contribution in [3.8, 4) is 17.0 Å². The normalized spacial score (nSPS) is 14.4. The van der Waals surface area contributed by atoms with Gasteiger partial charge in [0.05, 0.1) is 15.6 Å². The summed E-state index contributed by atoms with van der Waals surface area (Å²) in [4.78, 5) is 19.5. The number of hydrogen-bond acceptors (Lipinski definition) is 4. The van der Waals surface area contributed by atoms with Crippen molar-refractivity contribution in [1.82, 2.24) is 9.88 Å². The van der Waals surface area contributed by atoms with Gasteiger partial charge in [-0.15, -0.1) is 11.3 Å². The van der Waals surface area contributed by atoms with Crippen LogP contribution in [0.15, 0.2) is 48.5 Å². The van der Waals surface area contributed by atoms with Crippen molar-refractivity contribution in [2.45, 2.75) is 51.6 Å². The number of carbonyl (C=O) groups excluding carboxylic acids is 1. The van der Waals surface area contributed by atoms with Crippen LogP contribution in [-0.2, 0) is 6.61 Å². The Bertz CT molecular complexity index is 1020. The first-order valence-corrected chi connectivity index (χ1v) is 11.8. The van der Waals surface area contributed by atoms with Crippen molar-refractivity contribution in [2.75, 3.05) is 14.1 Å². The molecular formula is C26H30N2O2S. The van der Waals surface area contributed by atoms with E-state index in [0.717, 1.165) is 26.9 Å². The van der Waals surface area contributed by atoms with Crippen molar-refractivity contribution in [3.05, 3.63) is 69.5 Å². The Morgan fingerprint density at radius 3 is 2.35 bits per heavy atom. The highest BCUT2D eigenvalue weighted by atomic mass is 32.1. The molecule has 0 bridgehead atoms. The summed E-state index contributed by atoms with van der Waals surface area (Å²) in [5.74, 6) is 1.60. The zero-order valence-electron chi connectivity index (χ0n) is 18.6. The first-order valence-electron chi connectivity index (χ1n) is 11.0. The van der Waals surface area contributed by atoms with Crippen LogP contribution < -0.4 is 4.74 Å². The number of aryl methyl sites for hydroxylation is 1. The molecule has 3 aromatic rings. The van der Waals surface area contributed by atoms with Gasteiger partial charge in [0.25, 0.3) is 5.91 Å². The Hall–Kier alpha value is -2.66. The minimum absolute atomic E-state index is 0.00115.